The van der Waals surface area contributed by atoms with Crippen LogP contribution in [0.3, 0.4) is 0 Å². The number of hydrogen-bond acceptors (Lipinski definition) is 3. The van der Waals surface area contributed by atoms with E-state index in [4.69, 9.17) is 17.3 Å². The molecule has 0 aromatic heterocycles. The summed E-state index contributed by atoms with van der Waals surface area (Å²) < 4.78 is 14.0. The lowest BCUT2D eigenvalue weighted by Gasteiger charge is -2.22. The highest BCUT2D eigenvalue weighted by Gasteiger charge is 2.20. The smallest absolute Gasteiger partial charge is 0.258 e. The van der Waals surface area contributed by atoms with Gasteiger partial charge in [0.2, 0.25) is 5.91 Å². The fourth-order valence-corrected chi connectivity index (χ4v) is 3.05. The van der Waals surface area contributed by atoms with Crippen molar-refractivity contribution in [3.05, 3.63) is 58.4 Å². The number of carbonyl (C=O) groups is 2. The Morgan fingerprint density at radius 2 is 1.84 bits per heavy atom. The SMILES string of the molecule is NC(=O)c1ccc(N2CCCC2)c(NC(=O)c2ccc(Cl)cc2F)c1. The van der Waals surface area contributed by atoms with E-state index in [0.717, 1.165) is 37.7 Å². The average molecular weight is 362 g/mol. The maximum absolute atomic E-state index is 14.0. The van der Waals surface area contributed by atoms with Gasteiger partial charge in [0.15, 0.2) is 0 Å². The average Bonchev–Trinajstić information content (AvgIpc) is 3.08. The van der Waals surface area contributed by atoms with Gasteiger partial charge >= 0.3 is 0 Å². The second kappa shape index (κ2) is 7.11. The van der Waals surface area contributed by atoms with Crippen molar-refractivity contribution >= 4 is 34.8 Å². The Bertz CT molecular complexity index is 835. The van der Waals surface area contributed by atoms with Gasteiger partial charge in [0, 0.05) is 23.7 Å². The van der Waals surface area contributed by atoms with Gasteiger partial charge in [0.25, 0.3) is 5.91 Å². The number of amides is 2. The number of benzene rings is 2. The lowest BCUT2D eigenvalue weighted by atomic mass is 10.1. The number of anilines is 2. The van der Waals surface area contributed by atoms with Crippen LogP contribution in [0.1, 0.15) is 33.6 Å². The van der Waals surface area contributed by atoms with Crippen LogP contribution in [0.5, 0.6) is 0 Å². The van der Waals surface area contributed by atoms with E-state index in [9.17, 15) is 14.0 Å². The summed E-state index contributed by atoms with van der Waals surface area (Å²) in [6, 6.07) is 8.73. The zero-order chi connectivity index (χ0) is 18.0. The molecule has 0 unspecified atom stereocenters. The first-order valence-electron chi connectivity index (χ1n) is 7.91. The number of rotatable bonds is 4. The van der Waals surface area contributed by atoms with Crippen LogP contribution < -0.4 is 16.0 Å². The van der Waals surface area contributed by atoms with Gasteiger partial charge in [-0.05, 0) is 49.2 Å². The van der Waals surface area contributed by atoms with E-state index in [0.29, 0.717) is 5.69 Å². The third-order valence-electron chi connectivity index (χ3n) is 4.15. The molecule has 7 heteroatoms. The fraction of sp³-hybridized carbons (Fsp3) is 0.222. The number of primary amides is 1. The van der Waals surface area contributed by atoms with E-state index in [1.165, 1.54) is 18.2 Å². The van der Waals surface area contributed by atoms with Crippen molar-refractivity contribution in [3.8, 4) is 0 Å². The van der Waals surface area contributed by atoms with Gasteiger partial charge in [-0.2, -0.15) is 0 Å². The van der Waals surface area contributed by atoms with E-state index in [1.54, 1.807) is 12.1 Å². The molecule has 2 aromatic rings. The van der Waals surface area contributed by atoms with Gasteiger partial charge in [0.05, 0.1) is 16.9 Å². The molecule has 5 nitrogen and oxygen atoms in total. The minimum atomic E-state index is -0.709. The summed E-state index contributed by atoms with van der Waals surface area (Å²) in [4.78, 5) is 26.0. The summed E-state index contributed by atoms with van der Waals surface area (Å²) in [6.07, 6.45) is 2.10. The zero-order valence-electron chi connectivity index (χ0n) is 13.4. The summed E-state index contributed by atoms with van der Waals surface area (Å²) >= 11 is 5.72. The number of carbonyl (C=O) groups excluding carboxylic acids is 2. The van der Waals surface area contributed by atoms with E-state index in [-0.39, 0.29) is 16.1 Å². The molecule has 0 bridgehead atoms. The lowest BCUT2D eigenvalue weighted by Crippen LogP contribution is -2.22. The Hall–Kier alpha value is -2.60. The Kier molecular flexibility index (Phi) is 4.90. The molecule has 0 aliphatic carbocycles. The maximum Gasteiger partial charge on any atom is 0.258 e. The van der Waals surface area contributed by atoms with Crippen molar-refractivity contribution in [1.82, 2.24) is 0 Å². The molecule has 2 aromatic carbocycles. The molecule has 1 heterocycles. The molecule has 3 N–H and O–H groups in total. The van der Waals surface area contributed by atoms with Crippen LogP contribution in [-0.2, 0) is 0 Å². The molecule has 1 aliphatic heterocycles. The third kappa shape index (κ3) is 3.74. The maximum atomic E-state index is 14.0. The van der Waals surface area contributed by atoms with Crippen LogP contribution in [0.2, 0.25) is 5.02 Å². The second-order valence-corrected chi connectivity index (χ2v) is 6.31. The minimum Gasteiger partial charge on any atom is -0.370 e. The monoisotopic (exact) mass is 361 g/mol. The Labute approximate surface area is 149 Å². The van der Waals surface area contributed by atoms with Crippen LogP contribution in [0.4, 0.5) is 15.8 Å². The van der Waals surface area contributed by atoms with Crippen LogP contribution in [-0.4, -0.2) is 24.9 Å². The van der Waals surface area contributed by atoms with E-state index in [1.807, 2.05) is 0 Å². The molecular weight excluding hydrogens is 345 g/mol. The van der Waals surface area contributed by atoms with Gasteiger partial charge in [-0.1, -0.05) is 11.6 Å². The highest BCUT2D eigenvalue weighted by Crippen LogP contribution is 2.30. The Balaban J connectivity index is 1.94. The van der Waals surface area contributed by atoms with Crippen molar-refractivity contribution in [1.29, 1.82) is 0 Å². The number of nitrogens with one attached hydrogen (secondary N) is 1. The van der Waals surface area contributed by atoms with E-state index in [2.05, 4.69) is 10.2 Å². The van der Waals surface area contributed by atoms with Gasteiger partial charge < -0.3 is 16.0 Å². The van der Waals surface area contributed by atoms with Crippen molar-refractivity contribution in [2.45, 2.75) is 12.8 Å². The highest BCUT2D eigenvalue weighted by atomic mass is 35.5. The van der Waals surface area contributed by atoms with Crippen LogP contribution >= 0.6 is 11.6 Å². The Morgan fingerprint density at radius 1 is 1.12 bits per heavy atom. The topological polar surface area (TPSA) is 75.4 Å². The molecule has 0 saturated carbocycles. The zero-order valence-corrected chi connectivity index (χ0v) is 14.1. The number of nitrogens with zero attached hydrogens (tertiary/aromatic N) is 1. The molecule has 0 atom stereocenters. The van der Waals surface area contributed by atoms with Gasteiger partial charge in [-0.15, -0.1) is 0 Å². The summed E-state index contributed by atoms with van der Waals surface area (Å²) in [5.74, 6) is -1.92. The Morgan fingerprint density at radius 3 is 2.48 bits per heavy atom. The first-order chi connectivity index (χ1) is 12.0. The predicted molar refractivity (Wildman–Crippen MR) is 95.8 cm³/mol. The normalized spacial score (nSPS) is 13.8. The molecule has 0 spiro atoms. The molecule has 0 radical (unpaired) electrons. The third-order valence-corrected chi connectivity index (χ3v) is 4.39. The fourth-order valence-electron chi connectivity index (χ4n) is 2.89. The van der Waals surface area contributed by atoms with Crippen molar-refractivity contribution in [2.75, 3.05) is 23.3 Å². The molecule has 2 amide bonds. The number of halogens is 2. The summed E-state index contributed by atoms with van der Waals surface area (Å²) in [5.41, 5.74) is 6.69. The van der Waals surface area contributed by atoms with Crippen LogP contribution in [0.15, 0.2) is 36.4 Å². The lowest BCUT2D eigenvalue weighted by molar-refractivity contribution is 0.0995. The quantitative estimate of drug-likeness (QED) is 0.876. The molecular formula is C18H17ClFN3O2. The predicted octanol–water partition coefficient (Wildman–Crippen LogP) is 3.43. The van der Waals surface area contributed by atoms with Crippen LogP contribution in [0.25, 0.3) is 0 Å². The number of hydrogen-bond donors (Lipinski definition) is 2. The first-order valence-corrected chi connectivity index (χ1v) is 8.28. The largest absolute Gasteiger partial charge is 0.370 e. The highest BCUT2D eigenvalue weighted by molar-refractivity contribution is 6.30. The van der Waals surface area contributed by atoms with Gasteiger partial charge in [0.1, 0.15) is 5.82 Å². The van der Waals surface area contributed by atoms with E-state index >= 15 is 0 Å². The minimum absolute atomic E-state index is 0.124. The van der Waals surface area contributed by atoms with Crippen molar-refractivity contribution < 1.29 is 14.0 Å². The molecule has 25 heavy (non-hydrogen) atoms. The molecule has 3 rings (SSSR count). The summed E-state index contributed by atoms with van der Waals surface area (Å²) in [7, 11) is 0. The van der Waals surface area contributed by atoms with Crippen molar-refractivity contribution in [2.24, 2.45) is 5.73 Å². The first kappa shape index (κ1) is 17.2. The second-order valence-electron chi connectivity index (χ2n) is 5.87. The molecule has 1 fully saturated rings. The standard InChI is InChI=1S/C18H17ClFN3O2/c19-12-4-5-13(14(20)10-12)18(25)22-15-9-11(17(21)24)3-6-16(15)23-7-1-2-8-23/h3-6,9-10H,1-2,7-8H2,(H2,21,24)(H,22,25). The molecule has 1 aliphatic rings. The van der Waals surface area contributed by atoms with Gasteiger partial charge in [-0.25, -0.2) is 4.39 Å². The van der Waals surface area contributed by atoms with Crippen LogP contribution in [0, 0.1) is 5.82 Å². The van der Waals surface area contributed by atoms with Gasteiger partial charge in [-0.3, -0.25) is 9.59 Å². The van der Waals surface area contributed by atoms with Crippen molar-refractivity contribution in [3.63, 3.8) is 0 Å². The number of nitrogens with two attached hydrogens (primary N) is 1. The summed E-state index contributed by atoms with van der Waals surface area (Å²) in [5, 5.41) is 2.90. The molecule has 1 saturated heterocycles. The van der Waals surface area contributed by atoms with E-state index < -0.39 is 17.6 Å². The molecule has 130 valence electrons. The summed E-state index contributed by atoms with van der Waals surface area (Å²) in [6.45, 7) is 1.71.